The normalized spacial score (nSPS) is 18.1. The molecule has 0 saturated carbocycles. The first-order valence-corrected chi connectivity index (χ1v) is 8.25. The molecule has 0 spiro atoms. The number of unbranched alkanes of at least 4 members (excludes halogenated alkanes) is 2. The average molecular weight is 332 g/mol. The molecule has 2 nitrogen and oxygen atoms in total. The molecule has 0 bridgehead atoms. The Kier molecular flexibility index (Phi) is 6.41. The largest absolute Gasteiger partial charge is 0.419 e. The van der Waals surface area contributed by atoms with E-state index in [4.69, 9.17) is 0 Å². The first kappa shape index (κ1) is 18.2. The molecule has 0 unspecified atom stereocenters. The Morgan fingerprint density at radius 1 is 1.17 bits per heavy atom. The maximum atomic E-state index is 14.5. The van der Waals surface area contributed by atoms with Crippen molar-refractivity contribution in [3.63, 3.8) is 0 Å². The summed E-state index contributed by atoms with van der Waals surface area (Å²) in [5.74, 6) is -1.11. The maximum absolute atomic E-state index is 14.5. The lowest BCUT2D eigenvalue weighted by Gasteiger charge is -2.35. The van der Waals surface area contributed by atoms with Crippen LogP contribution >= 0.6 is 0 Å². The van der Waals surface area contributed by atoms with Crippen LogP contribution in [0, 0.1) is 5.82 Å². The summed E-state index contributed by atoms with van der Waals surface area (Å²) in [4.78, 5) is 2.10. The van der Waals surface area contributed by atoms with Crippen LogP contribution in [0.3, 0.4) is 0 Å². The fourth-order valence-corrected chi connectivity index (χ4v) is 3.14. The highest BCUT2D eigenvalue weighted by molar-refractivity contribution is 5.30. The van der Waals surface area contributed by atoms with Gasteiger partial charge in [-0.15, -0.1) is 0 Å². The molecule has 0 amide bonds. The number of halogens is 4. The van der Waals surface area contributed by atoms with E-state index in [-0.39, 0.29) is 11.6 Å². The van der Waals surface area contributed by atoms with Crippen LogP contribution in [0.4, 0.5) is 17.6 Å². The van der Waals surface area contributed by atoms with Crippen molar-refractivity contribution in [2.24, 2.45) is 0 Å². The Morgan fingerprint density at radius 2 is 1.87 bits per heavy atom. The molecule has 1 N–H and O–H groups in total. The van der Waals surface area contributed by atoms with Crippen LogP contribution in [0.1, 0.15) is 49.8 Å². The molecule has 130 valence electrons. The highest BCUT2D eigenvalue weighted by Gasteiger charge is 2.36. The molecular formula is C17H24F4N2. The highest BCUT2D eigenvalue weighted by atomic mass is 19.4. The molecule has 1 fully saturated rings. The number of alkyl halides is 3. The van der Waals surface area contributed by atoms with Gasteiger partial charge >= 0.3 is 6.18 Å². The minimum atomic E-state index is -4.66. The molecule has 0 aromatic heterocycles. The summed E-state index contributed by atoms with van der Waals surface area (Å²) < 4.78 is 53.5. The van der Waals surface area contributed by atoms with E-state index in [1.807, 2.05) is 0 Å². The number of rotatable bonds is 6. The van der Waals surface area contributed by atoms with Gasteiger partial charge in [0.2, 0.25) is 0 Å². The van der Waals surface area contributed by atoms with Crippen molar-refractivity contribution in [1.29, 1.82) is 0 Å². The molecule has 1 aromatic rings. The van der Waals surface area contributed by atoms with Crippen LogP contribution in [-0.2, 0) is 6.18 Å². The number of nitrogens with one attached hydrogen (secondary N) is 1. The van der Waals surface area contributed by atoms with Gasteiger partial charge in [0.25, 0.3) is 0 Å². The molecule has 1 atom stereocenters. The number of hydrogen-bond acceptors (Lipinski definition) is 2. The van der Waals surface area contributed by atoms with Gasteiger partial charge in [0.1, 0.15) is 5.82 Å². The third-order valence-corrected chi connectivity index (χ3v) is 4.37. The van der Waals surface area contributed by atoms with Crippen LogP contribution in [0.15, 0.2) is 18.2 Å². The minimum absolute atomic E-state index is 0.179. The van der Waals surface area contributed by atoms with Crippen molar-refractivity contribution < 1.29 is 17.6 Å². The smallest absolute Gasteiger partial charge is 0.314 e. The predicted octanol–water partition coefficient (Wildman–Crippen LogP) is 4.37. The molecule has 1 aliphatic heterocycles. The minimum Gasteiger partial charge on any atom is -0.314 e. The molecule has 1 saturated heterocycles. The van der Waals surface area contributed by atoms with Crippen molar-refractivity contribution in [3.05, 3.63) is 35.1 Å². The molecule has 2 rings (SSSR count). The molecule has 0 aliphatic carbocycles. The Morgan fingerprint density at radius 3 is 2.48 bits per heavy atom. The molecule has 6 heteroatoms. The van der Waals surface area contributed by atoms with E-state index in [9.17, 15) is 17.6 Å². The van der Waals surface area contributed by atoms with Crippen molar-refractivity contribution in [1.82, 2.24) is 10.2 Å². The van der Waals surface area contributed by atoms with E-state index in [0.29, 0.717) is 6.42 Å². The Labute approximate surface area is 134 Å². The van der Waals surface area contributed by atoms with Gasteiger partial charge < -0.3 is 5.32 Å². The lowest BCUT2D eigenvalue weighted by molar-refractivity contribution is -0.140. The fourth-order valence-electron chi connectivity index (χ4n) is 3.14. The lowest BCUT2D eigenvalue weighted by Crippen LogP contribution is -2.45. The number of hydrogen-bond donors (Lipinski definition) is 1. The second-order valence-electron chi connectivity index (χ2n) is 6.00. The van der Waals surface area contributed by atoms with Crippen LogP contribution in [0.5, 0.6) is 0 Å². The molecular weight excluding hydrogens is 308 g/mol. The zero-order valence-corrected chi connectivity index (χ0v) is 13.4. The second-order valence-corrected chi connectivity index (χ2v) is 6.00. The van der Waals surface area contributed by atoms with Crippen molar-refractivity contribution in [2.75, 3.05) is 26.2 Å². The Bertz CT molecular complexity index is 496. The summed E-state index contributed by atoms with van der Waals surface area (Å²) in [6.45, 7) is 5.10. The second kappa shape index (κ2) is 8.11. The van der Waals surface area contributed by atoms with Crippen molar-refractivity contribution in [3.8, 4) is 0 Å². The van der Waals surface area contributed by atoms with Crippen LogP contribution in [0.25, 0.3) is 0 Å². The van der Waals surface area contributed by atoms with Gasteiger partial charge in [-0.2, -0.15) is 13.2 Å². The summed E-state index contributed by atoms with van der Waals surface area (Å²) in [7, 11) is 0. The van der Waals surface area contributed by atoms with Gasteiger partial charge in [-0.25, -0.2) is 4.39 Å². The van der Waals surface area contributed by atoms with Crippen molar-refractivity contribution in [2.45, 2.75) is 44.8 Å². The van der Waals surface area contributed by atoms with Gasteiger partial charge in [0.05, 0.1) is 5.56 Å². The quantitative estimate of drug-likeness (QED) is 0.615. The molecule has 1 aromatic carbocycles. The van der Waals surface area contributed by atoms with E-state index in [2.05, 4.69) is 17.1 Å². The zero-order chi connectivity index (χ0) is 16.9. The first-order chi connectivity index (χ1) is 10.9. The monoisotopic (exact) mass is 332 g/mol. The third kappa shape index (κ3) is 4.67. The molecule has 23 heavy (non-hydrogen) atoms. The summed E-state index contributed by atoms with van der Waals surface area (Å²) in [5.41, 5.74) is -0.983. The fraction of sp³-hybridized carbons (Fsp3) is 0.647. The summed E-state index contributed by atoms with van der Waals surface area (Å²) in [5, 5.41) is 3.22. The predicted molar refractivity (Wildman–Crippen MR) is 82.7 cm³/mol. The van der Waals surface area contributed by atoms with Crippen LogP contribution in [0.2, 0.25) is 0 Å². The number of nitrogens with zero attached hydrogens (tertiary/aromatic N) is 1. The highest BCUT2D eigenvalue weighted by Crippen LogP contribution is 2.36. The SMILES string of the molecule is CCCCC[C@@H](c1cccc(C(F)(F)F)c1F)N1CCNCC1. The van der Waals surface area contributed by atoms with Gasteiger partial charge in [0.15, 0.2) is 0 Å². The first-order valence-electron chi connectivity index (χ1n) is 8.25. The lowest BCUT2D eigenvalue weighted by atomic mass is 9.95. The van der Waals surface area contributed by atoms with Gasteiger partial charge in [-0.1, -0.05) is 38.3 Å². The van der Waals surface area contributed by atoms with E-state index in [1.165, 1.54) is 12.1 Å². The van der Waals surface area contributed by atoms with Crippen LogP contribution in [-0.4, -0.2) is 31.1 Å². The van der Waals surface area contributed by atoms with Crippen LogP contribution < -0.4 is 5.32 Å². The summed E-state index contributed by atoms with van der Waals surface area (Å²) >= 11 is 0. The standard InChI is InChI=1S/C17H24F4N2/c1-2-3-4-8-15(23-11-9-22-10-12-23)13-6-5-7-14(16(13)18)17(19,20)21/h5-7,15,22H,2-4,8-12H2,1H3/t15-/m0/s1. The average Bonchev–Trinajstić information content (AvgIpc) is 2.52. The summed E-state index contributed by atoms with van der Waals surface area (Å²) in [6.07, 6.45) is -1.05. The van der Waals surface area contributed by atoms with E-state index >= 15 is 0 Å². The molecule has 1 heterocycles. The van der Waals surface area contributed by atoms with Gasteiger partial charge in [-0.05, 0) is 12.5 Å². The Balaban J connectivity index is 2.30. The topological polar surface area (TPSA) is 15.3 Å². The molecule has 0 radical (unpaired) electrons. The third-order valence-electron chi connectivity index (χ3n) is 4.37. The zero-order valence-electron chi connectivity index (χ0n) is 13.4. The van der Waals surface area contributed by atoms with E-state index in [1.54, 1.807) is 0 Å². The summed E-state index contributed by atoms with van der Waals surface area (Å²) in [6, 6.07) is 3.35. The number of piperazine rings is 1. The Hall–Kier alpha value is -1.14. The van der Waals surface area contributed by atoms with Gasteiger partial charge in [0, 0.05) is 37.8 Å². The van der Waals surface area contributed by atoms with E-state index in [0.717, 1.165) is 51.5 Å². The van der Waals surface area contributed by atoms with Crippen molar-refractivity contribution >= 4 is 0 Å². The van der Waals surface area contributed by atoms with E-state index < -0.39 is 17.6 Å². The number of benzene rings is 1. The maximum Gasteiger partial charge on any atom is 0.419 e. The molecule has 1 aliphatic rings. The van der Waals surface area contributed by atoms with Gasteiger partial charge in [-0.3, -0.25) is 4.90 Å².